The maximum absolute atomic E-state index is 2.38. The van der Waals surface area contributed by atoms with E-state index in [1.54, 1.807) is 0 Å². The Morgan fingerprint density at radius 3 is 2.50 bits per heavy atom. The molecule has 1 saturated carbocycles. The van der Waals surface area contributed by atoms with E-state index in [1.807, 2.05) is 0 Å². The molecule has 0 aromatic carbocycles. The lowest BCUT2D eigenvalue weighted by molar-refractivity contribution is 0.192. The SMILES string of the molecule is CCC(C)CCCC1CC(C)C1. The second-order valence-corrected chi connectivity index (χ2v) is 4.89. The van der Waals surface area contributed by atoms with Gasteiger partial charge >= 0.3 is 0 Å². The van der Waals surface area contributed by atoms with Gasteiger partial charge in [-0.25, -0.2) is 0 Å². The van der Waals surface area contributed by atoms with E-state index < -0.39 is 0 Å². The molecule has 0 spiro atoms. The molecule has 0 amide bonds. The summed E-state index contributed by atoms with van der Waals surface area (Å²) in [6.07, 6.45) is 8.84. The Labute approximate surface area is 77.7 Å². The first-order chi connectivity index (χ1) is 5.72. The predicted octanol–water partition coefficient (Wildman–Crippen LogP) is 4.25. The van der Waals surface area contributed by atoms with E-state index in [4.69, 9.17) is 0 Å². The van der Waals surface area contributed by atoms with Crippen LogP contribution < -0.4 is 0 Å². The van der Waals surface area contributed by atoms with Gasteiger partial charge in [-0.15, -0.1) is 0 Å². The Morgan fingerprint density at radius 1 is 1.33 bits per heavy atom. The summed E-state index contributed by atoms with van der Waals surface area (Å²) in [4.78, 5) is 0. The van der Waals surface area contributed by atoms with Gasteiger partial charge in [0.1, 0.15) is 0 Å². The average molecular weight is 168 g/mol. The molecule has 72 valence electrons. The van der Waals surface area contributed by atoms with Crippen LogP contribution in [0.4, 0.5) is 0 Å². The highest BCUT2D eigenvalue weighted by Gasteiger charge is 2.24. The Bertz CT molecular complexity index is 111. The van der Waals surface area contributed by atoms with E-state index in [2.05, 4.69) is 20.8 Å². The molecule has 0 heterocycles. The molecule has 0 aromatic heterocycles. The van der Waals surface area contributed by atoms with Gasteiger partial charge in [-0.1, -0.05) is 46.5 Å². The van der Waals surface area contributed by atoms with Crippen LogP contribution in [0.3, 0.4) is 0 Å². The Hall–Kier alpha value is 0. The van der Waals surface area contributed by atoms with Crippen LogP contribution in [0.2, 0.25) is 0 Å². The minimum Gasteiger partial charge on any atom is -0.0651 e. The molecule has 0 nitrogen and oxygen atoms in total. The molecule has 1 fully saturated rings. The lowest BCUT2D eigenvalue weighted by Gasteiger charge is -2.32. The largest absolute Gasteiger partial charge is 0.0651 e. The molecular formula is C12H24. The second-order valence-electron chi connectivity index (χ2n) is 4.89. The quantitative estimate of drug-likeness (QED) is 0.575. The van der Waals surface area contributed by atoms with Crippen molar-refractivity contribution in [3.05, 3.63) is 0 Å². The van der Waals surface area contributed by atoms with Crippen molar-refractivity contribution in [2.45, 2.75) is 59.3 Å². The lowest BCUT2D eigenvalue weighted by atomic mass is 9.73. The van der Waals surface area contributed by atoms with Crippen LogP contribution in [0.15, 0.2) is 0 Å². The van der Waals surface area contributed by atoms with Crippen molar-refractivity contribution < 1.29 is 0 Å². The zero-order chi connectivity index (χ0) is 8.97. The summed E-state index contributed by atoms with van der Waals surface area (Å²) in [5, 5.41) is 0. The average Bonchev–Trinajstić information content (AvgIpc) is 2.01. The Balaban J connectivity index is 1.89. The van der Waals surface area contributed by atoms with Crippen LogP contribution in [-0.4, -0.2) is 0 Å². The van der Waals surface area contributed by atoms with Crippen LogP contribution in [0.5, 0.6) is 0 Å². The molecule has 0 saturated heterocycles. The molecule has 0 N–H and O–H groups in total. The first-order valence-electron chi connectivity index (χ1n) is 5.72. The third kappa shape index (κ3) is 3.16. The molecule has 1 aliphatic rings. The lowest BCUT2D eigenvalue weighted by Crippen LogP contribution is -2.20. The summed E-state index contributed by atoms with van der Waals surface area (Å²) in [7, 11) is 0. The molecule has 1 aliphatic carbocycles. The zero-order valence-corrected chi connectivity index (χ0v) is 8.97. The molecule has 1 atom stereocenters. The Kier molecular flexibility index (Phi) is 4.11. The van der Waals surface area contributed by atoms with E-state index >= 15 is 0 Å². The fourth-order valence-electron chi connectivity index (χ4n) is 2.26. The minimum absolute atomic E-state index is 0.961. The summed E-state index contributed by atoms with van der Waals surface area (Å²) < 4.78 is 0. The fourth-order valence-corrected chi connectivity index (χ4v) is 2.26. The van der Waals surface area contributed by atoms with Crippen molar-refractivity contribution in [3.63, 3.8) is 0 Å². The van der Waals surface area contributed by atoms with E-state index in [0.717, 1.165) is 17.8 Å². The summed E-state index contributed by atoms with van der Waals surface area (Å²) >= 11 is 0. The fraction of sp³-hybridized carbons (Fsp3) is 1.00. The zero-order valence-electron chi connectivity index (χ0n) is 8.97. The summed E-state index contributed by atoms with van der Waals surface area (Å²) in [6, 6.07) is 0. The minimum atomic E-state index is 0.961. The van der Waals surface area contributed by atoms with E-state index in [0.29, 0.717) is 0 Å². The van der Waals surface area contributed by atoms with Crippen molar-refractivity contribution in [1.82, 2.24) is 0 Å². The molecule has 12 heavy (non-hydrogen) atoms. The van der Waals surface area contributed by atoms with Crippen LogP contribution in [-0.2, 0) is 0 Å². The predicted molar refractivity (Wildman–Crippen MR) is 55.2 cm³/mol. The molecule has 0 aliphatic heterocycles. The van der Waals surface area contributed by atoms with Gasteiger partial charge in [-0.3, -0.25) is 0 Å². The first-order valence-corrected chi connectivity index (χ1v) is 5.72. The van der Waals surface area contributed by atoms with E-state index in [1.165, 1.54) is 38.5 Å². The molecule has 0 bridgehead atoms. The van der Waals surface area contributed by atoms with Gasteiger partial charge in [0.2, 0.25) is 0 Å². The van der Waals surface area contributed by atoms with Gasteiger partial charge in [-0.2, -0.15) is 0 Å². The highest BCUT2D eigenvalue weighted by molar-refractivity contribution is 4.75. The smallest absolute Gasteiger partial charge is 0.0409 e. The van der Waals surface area contributed by atoms with Crippen LogP contribution in [0, 0.1) is 17.8 Å². The van der Waals surface area contributed by atoms with Gasteiger partial charge in [0.05, 0.1) is 0 Å². The van der Waals surface area contributed by atoms with E-state index in [9.17, 15) is 0 Å². The Morgan fingerprint density at radius 2 is 2.00 bits per heavy atom. The molecule has 1 unspecified atom stereocenters. The van der Waals surface area contributed by atoms with Crippen molar-refractivity contribution in [2.75, 3.05) is 0 Å². The highest BCUT2D eigenvalue weighted by atomic mass is 14.3. The monoisotopic (exact) mass is 168 g/mol. The maximum atomic E-state index is 2.38. The van der Waals surface area contributed by atoms with Gasteiger partial charge in [0.15, 0.2) is 0 Å². The van der Waals surface area contributed by atoms with Crippen LogP contribution >= 0.6 is 0 Å². The molecule has 0 aromatic rings. The summed E-state index contributed by atoms with van der Waals surface area (Å²) in [6.45, 7) is 7.06. The summed E-state index contributed by atoms with van der Waals surface area (Å²) in [5.41, 5.74) is 0. The summed E-state index contributed by atoms with van der Waals surface area (Å²) in [5.74, 6) is 3.10. The third-order valence-corrected chi connectivity index (χ3v) is 3.48. The van der Waals surface area contributed by atoms with Crippen molar-refractivity contribution in [2.24, 2.45) is 17.8 Å². The van der Waals surface area contributed by atoms with Gasteiger partial charge < -0.3 is 0 Å². The maximum Gasteiger partial charge on any atom is -0.0409 e. The molecule has 0 radical (unpaired) electrons. The topological polar surface area (TPSA) is 0 Å². The number of rotatable bonds is 5. The normalized spacial score (nSPS) is 31.2. The van der Waals surface area contributed by atoms with Crippen molar-refractivity contribution in [1.29, 1.82) is 0 Å². The molecular weight excluding hydrogens is 144 g/mol. The van der Waals surface area contributed by atoms with Crippen LogP contribution in [0.1, 0.15) is 59.3 Å². The van der Waals surface area contributed by atoms with Gasteiger partial charge in [0, 0.05) is 0 Å². The van der Waals surface area contributed by atoms with Gasteiger partial charge in [-0.05, 0) is 30.6 Å². The molecule has 0 heteroatoms. The van der Waals surface area contributed by atoms with Gasteiger partial charge in [0.25, 0.3) is 0 Å². The third-order valence-electron chi connectivity index (χ3n) is 3.48. The van der Waals surface area contributed by atoms with Crippen LogP contribution in [0.25, 0.3) is 0 Å². The van der Waals surface area contributed by atoms with Crippen molar-refractivity contribution in [3.8, 4) is 0 Å². The van der Waals surface area contributed by atoms with E-state index in [-0.39, 0.29) is 0 Å². The number of hydrogen-bond acceptors (Lipinski definition) is 0. The van der Waals surface area contributed by atoms with Crippen molar-refractivity contribution >= 4 is 0 Å². The molecule has 1 rings (SSSR count). The number of hydrogen-bond donors (Lipinski definition) is 0. The first kappa shape index (κ1) is 10.1. The second kappa shape index (κ2) is 4.89. The highest BCUT2D eigenvalue weighted by Crippen LogP contribution is 2.36. The standard InChI is InChI=1S/C12H24/c1-4-10(2)6-5-7-12-8-11(3)9-12/h10-12H,4-9H2,1-3H3.